The molecule has 12 aromatic rings. The van der Waals surface area contributed by atoms with E-state index in [0.29, 0.717) is 0 Å². The molecular weight excluding hydrogens is 671 g/mol. The van der Waals surface area contributed by atoms with E-state index < -0.39 is 0 Å². The molecule has 0 bridgehead atoms. The molecule has 258 valence electrons. The largest absolute Gasteiger partial charge is 0.456 e. The molecule has 1 aliphatic rings. The Morgan fingerprint density at radius 1 is 0.436 bits per heavy atom. The number of nitrogens with zero attached hydrogens (tertiary/aromatic N) is 3. The van der Waals surface area contributed by atoms with Crippen LogP contribution >= 0.6 is 0 Å². The number of anilines is 3. The topological polar surface area (TPSA) is 25.2 Å². The predicted molar refractivity (Wildman–Crippen MR) is 229 cm³/mol. The van der Waals surface area contributed by atoms with Gasteiger partial charge in [0.15, 0.2) is 0 Å². The Hall–Kier alpha value is -7.04. The zero-order valence-corrected chi connectivity index (χ0v) is 30.3. The summed E-state index contributed by atoms with van der Waals surface area (Å²) in [5, 5.41) is 7.31. The Labute approximate surface area is 316 Å². The summed E-state index contributed by atoms with van der Waals surface area (Å²) >= 11 is 0. The van der Waals surface area contributed by atoms with E-state index in [2.05, 4.69) is 185 Å². The van der Waals surface area contributed by atoms with Gasteiger partial charge in [0.1, 0.15) is 11.2 Å². The second-order valence-electron chi connectivity index (χ2n) is 15.7. The molecule has 0 saturated carbocycles. The number of benzene rings is 8. The molecule has 13 rings (SSSR count). The van der Waals surface area contributed by atoms with Gasteiger partial charge < -0.3 is 18.1 Å². The molecule has 1 aliphatic carbocycles. The van der Waals surface area contributed by atoms with Crippen molar-refractivity contribution in [3.63, 3.8) is 0 Å². The van der Waals surface area contributed by atoms with E-state index in [1.807, 2.05) is 6.07 Å². The van der Waals surface area contributed by atoms with Crippen LogP contribution in [0, 0.1) is 0 Å². The van der Waals surface area contributed by atoms with Gasteiger partial charge in [0, 0.05) is 43.7 Å². The quantitative estimate of drug-likeness (QED) is 0.171. The first-order chi connectivity index (χ1) is 27.1. The molecule has 0 N–H and O–H groups in total. The van der Waals surface area contributed by atoms with Gasteiger partial charge >= 0.3 is 0 Å². The minimum absolute atomic E-state index is 0.141. The van der Waals surface area contributed by atoms with E-state index in [4.69, 9.17) is 4.42 Å². The summed E-state index contributed by atoms with van der Waals surface area (Å²) in [4.78, 5) is 2.46. The summed E-state index contributed by atoms with van der Waals surface area (Å²) in [6, 6.07) is 60.2. The monoisotopic (exact) mass is 703 g/mol. The second-order valence-corrected chi connectivity index (χ2v) is 15.7. The summed E-state index contributed by atoms with van der Waals surface area (Å²) in [6.45, 7) is 4.72. The van der Waals surface area contributed by atoms with Gasteiger partial charge in [-0.1, -0.05) is 117 Å². The smallest absolute Gasteiger partial charge is 0.137 e. The molecule has 0 atom stereocenters. The van der Waals surface area contributed by atoms with Gasteiger partial charge in [-0.05, 0) is 82.9 Å². The number of hydrogen-bond acceptors (Lipinski definition) is 2. The fraction of sp³-hybridized carbons (Fsp3) is 0.0588. The van der Waals surface area contributed by atoms with Crippen LogP contribution in [0.5, 0.6) is 0 Å². The van der Waals surface area contributed by atoms with E-state index in [-0.39, 0.29) is 5.41 Å². The van der Waals surface area contributed by atoms with E-state index in [1.54, 1.807) is 0 Å². The van der Waals surface area contributed by atoms with Crippen LogP contribution in [0.3, 0.4) is 0 Å². The van der Waals surface area contributed by atoms with Crippen molar-refractivity contribution >= 4 is 93.6 Å². The minimum atomic E-state index is -0.141. The van der Waals surface area contributed by atoms with Crippen molar-refractivity contribution in [1.82, 2.24) is 8.80 Å². The van der Waals surface area contributed by atoms with Gasteiger partial charge in [0.2, 0.25) is 0 Å². The maximum absolute atomic E-state index is 6.50. The van der Waals surface area contributed by atoms with Gasteiger partial charge in [-0.25, -0.2) is 0 Å². The summed E-state index contributed by atoms with van der Waals surface area (Å²) < 4.78 is 11.5. The number of aromatic nitrogens is 2. The highest BCUT2D eigenvalue weighted by atomic mass is 16.3. The van der Waals surface area contributed by atoms with Crippen molar-refractivity contribution in [2.24, 2.45) is 0 Å². The van der Waals surface area contributed by atoms with Crippen molar-refractivity contribution in [3.8, 4) is 11.1 Å². The van der Waals surface area contributed by atoms with Gasteiger partial charge in [-0.2, -0.15) is 0 Å². The SMILES string of the molecule is CC1(C)c2ccccc2-c2ccc(N(c3ccc4c(c3)n3c5ccccc5c5ccc6c7ccccc7n4c6c53)c3cccc4oc5ccccc5c34)cc21. The number of hydrogen-bond donors (Lipinski definition) is 0. The minimum Gasteiger partial charge on any atom is -0.456 e. The second kappa shape index (κ2) is 10.1. The van der Waals surface area contributed by atoms with Crippen LogP contribution in [0.15, 0.2) is 168 Å². The first-order valence-electron chi connectivity index (χ1n) is 19.1. The fourth-order valence-electron chi connectivity index (χ4n) is 10.2. The summed E-state index contributed by atoms with van der Waals surface area (Å²) in [7, 11) is 0. The van der Waals surface area contributed by atoms with Crippen molar-refractivity contribution in [2.45, 2.75) is 19.3 Å². The number of rotatable bonds is 3. The third-order valence-corrected chi connectivity index (χ3v) is 12.6. The van der Waals surface area contributed by atoms with Crippen LogP contribution in [0.25, 0.3) is 87.7 Å². The first-order valence-corrected chi connectivity index (χ1v) is 19.1. The third-order valence-electron chi connectivity index (χ3n) is 12.6. The van der Waals surface area contributed by atoms with Crippen molar-refractivity contribution in [3.05, 3.63) is 175 Å². The molecule has 55 heavy (non-hydrogen) atoms. The lowest BCUT2D eigenvalue weighted by Gasteiger charge is -2.29. The maximum Gasteiger partial charge on any atom is 0.137 e. The standard InChI is InChI=1S/C51H33N3O/c1-51(2)39-16-7-3-12-32(39)33-24-22-30(28-40(33)51)52(44-19-11-21-47-48(44)38-15-6-10-20-46(38)55-47)31-23-27-43-45(29-31)54-42-18-9-5-14-35(42)37-26-25-36-34-13-4-8-17-41(34)53(43)49(36)50(37)54/h3-29H,1-2H3. The molecular formula is C51H33N3O. The zero-order chi connectivity index (χ0) is 36.2. The summed E-state index contributed by atoms with van der Waals surface area (Å²) in [6.07, 6.45) is 0. The van der Waals surface area contributed by atoms with E-state index in [0.717, 1.165) is 44.5 Å². The Balaban J connectivity index is 1.17. The average Bonchev–Trinajstić information content (AvgIpc) is 3.94. The first kappa shape index (κ1) is 29.4. The lowest BCUT2D eigenvalue weighted by molar-refractivity contribution is 0.660. The van der Waals surface area contributed by atoms with Gasteiger partial charge in [0.05, 0.1) is 44.2 Å². The molecule has 0 aliphatic heterocycles. The summed E-state index contributed by atoms with van der Waals surface area (Å²) in [5.41, 5.74) is 17.6. The van der Waals surface area contributed by atoms with Crippen molar-refractivity contribution in [2.75, 3.05) is 4.90 Å². The van der Waals surface area contributed by atoms with Crippen LogP contribution in [0.4, 0.5) is 17.1 Å². The number of fused-ring (bicyclic) bond motifs is 15. The number of furan rings is 1. The molecule has 0 unspecified atom stereocenters. The average molecular weight is 704 g/mol. The van der Waals surface area contributed by atoms with E-state index >= 15 is 0 Å². The van der Waals surface area contributed by atoms with Crippen LogP contribution in [-0.2, 0) is 5.41 Å². The van der Waals surface area contributed by atoms with Crippen molar-refractivity contribution in [1.29, 1.82) is 0 Å². The highest BCUT2D eigenvalue weighted by molar-refractivity contribution is 6.25. The lowest BCUT2D eigenvalue weighted by Crippen LogP contribution is -2.16. The molecule has 4 nitrogen and oxygen atoms in total. The summed E-state index contributed by atoms with van der Waals surface area (Å²) in [5.74, 6) is 0. The molecule has 0 spiro atoms. The molecule has 4 heterocycles. The van der Waals surface area contributed by atoms with E-state index in [9.17, 15) is 0 Å². The van der Waals surface area contributed by atoms with Crippen LogP contribution in [0.1, 0.15) is 25.0 Å². The predicted octanol–water partition coefficient (Wildman–Crippen LogP) is 13.9. The molecule has 0 fully saturated rings. The Bertz CT molecular complexity index is 3590. The normalized spacial score (nSPS) is 13.8. The Morgan fingerprint density at radius 3 is 1.82 bits per heavy atom. The molecule has 0 amide bonds. The van der Waals surface area contributed by atoms with Crippen LogP contribution in [0.2, 0.25) is 0 Å². The molecule has 0 saturated heterocycles. The molecule has 4 heteroatoms. The van der Waals surface area contributed by atoms with Crippen LogP contribution < -0.4 is 4.90 Å². The molecule has 4 aromatic heterocycles. The highest BCUT2D eigenvalue weighted by Crippen LogP contribution is 2.52. The Morgan fingerprint density at radius 2 is 1.04 bits per heavy atom. The zero-order valence-electron chi connectivity index (χ0n) is 30.3. The lowest BCUT2D eigenvalue weighted by atomic mass is 9.82. The molecule has 8 aromatic carbocycles. The van der Waals surface area contributed by atoms with Crippen molar-refractivity contribution < 1.29 is 4.42 Å². The maximum atomic E-state index is 6.50. The van der Waals surface area contributed by atoms with E-state index in [1.165, 1.54) is 71.4 Å². The Kier molecular flexibility index (Phi) is 5.42. The fourth-order valence-corrected chi connectivity index (χ4v) is 10.2. The number of para-hydroxylation sites is 3. The third kappa shape index (κ3) is 3.62. The molecule has 0 radical (unpaired) electrons. The van der Waals surface area contributed by atoms with Gasteiger partial charge in [0.25, 0.3) is 0 Å². The van der Waals surface area contributed by atoms with Crippen LogP contribution in [-0.4, -0.2) is 8.80 Å². The van der Waals surface area contributed by atoms with Gasteiger partial charge in [-0.15, -0.1) is 0 Å². The highest BCUT2D eigenvalue weighted by Gasteiger charge is 2.36. The van der Waals surface area contributed by atoms with Gasteiger partial charge in [-0.3, -0.25) is 0 Å².